The molecule has 0 aromatic heterocycles. The molecule has 0 unspecified atom stereocenters. The molecule has 2 nitrogen and oxygen atoms in total. The number of nitrogens with zero attached hydrogens (tertiary/aromatic N) is 1. The van der Waals surface area contributed by atoms with Crippen molar-refractivity contribution in [2.45, 2.75) is 25.8 Å². The third-order valence-electron chi connectivity index (χ3n) is 3.62. The molecule has 0 aliphatic carbocycles. The predicted octanol–water partition coefficient (Wildman–Crippen LogP) is 2.81. The highest BCUT2D eigenvalue weighted by Gasteiger charge is 2.26. The minimum atomic E-state index is 0.560. The Bertz CT molecular complexity index is 346. The topological polar surface area (TPSA) is 15.3 Å². The zero-order valence-corrected chi connectivity index (χ0v) is 10.5. The molecule has 1 fully saturated rings. The Morgan fingerprint density at radius 1 is 1.38 bits per heavy atom. The Morgan fingerprint density at radius 3 is 2.88 bits per heavy atom. The van der Waals surface area contributed by atoms with E-state index in [1.807, 2.05) is 0 Å². The summed E-state index contributed by atoms with van der Waals surface area (Å²) in [6.45, 7) is 3.45. The van der Waals surface area contributed by atoms with Crippen LogP contribution in [0.5, 0.6) is 0 Å². The molecule has 2 atom stereocenters. The summed E-state index contributed by atoms with van der Waals surface area (Å²) in [6, 6.07) is 9.45. The fourth-order valence-electron chi connectivity index (χ4n) is 2.58. The highest BCUT2D eigenvalue weighted by atomic mass is 15.1. The first-order valence-corrected chi connectivity index (χ1v) is 6.23. The molecule has 1 aromatic rings. The van der Waals surface area contributed by atoms with E-state index >= 15 is 0 Å². The van der Waals surface area contributed by atoms with Crippen LogP contribution in [0.15, 0.2) is 24.3 Å². The first-order chi connectivity index (χ1) is 7.72. The van der Waals surface area contributed by atoms with Crippen molar-refractivity contribution in [3.63, 3.8) is 0 Å². The largest absolute Gasteiger partial charge is 0.378 e. The van der Waals surface area contributed by atoms with Crippen LogP contribution in [0.3, 0.4) is 0 Å². The van der Waals surface area contributed by atoms with Crippen molar-refractivity contribution in [2.75, 3.05) is 25.5 Å². The summed E-state index contributed by atoms with van der Waals surface area (Å²) in [5.41, 5.74) is 2.73. The number of nitrogens with one attached hydrogen (secondary N) is 1. The maximum Gasteiger partial charge on any atom is 0.0364 e. The first kappa shape index (κ1) is 11.5. The van der Waals surface area contributed by atoms with Crippen LogP contribution in [0.2, 0.25) is 0 Å². The van der Waals surface area contributed by atoms with Gasteiger partial charge in [-0.25, -0.2) is 0 Å². The minimum absolute atomic E-state index is 0.560. The van der Waals surface area contributed by atoms with Crippen LogP contribution >= 0.6 is 0 Å². The number of benzene rings is 1. The summed E-state index contributed by atoms with van der Waals surface area (Å²) in [5, 5.41) is 3.62. The smallest absolute Gasteiger partial charge is 0.0364 e. The Morgan fingerprint density at radius 2 is 2.19 bits per heavy atom. The summed E-state index contributed by atoms with van der Waals surface area (Å²) < 4.78 is 0. The summed E-state index contributed by atoms with van der Waals surface area (Å²) in [4.78, 5) is 2.17. The number of rotatable bonds is 3. The third kappa shape index (κ3) is 2.22. The number of anilines is 1. The third-order valence-corrected chi connectivity index (χ3v) is 3.62. The normalized spacial score (nSPS) is 24.7. The highest BCUT2D eigenvalue weighted by molar-refractivity contribution is 5.48. The number of hydrogen-bond donors (Lipinski definition) is 1. The van der Waals surface area contributed by atoms with E-state index < -0.39 is 0 Å². The van der Waals surface area contributed by atoms with Crippen molar-refractivity contribution >= 4 is 5.69 Å². The van der Waals surface area contributed by atoms with Gasteiger partial charge in [0.05, 0.1) is 0 Å². The van der Waals surface area contributed by atoms with E-state index in [1.54, 1.807) is 0 Å². The Hall–Kier alpha value is -1.02. The zero-order valence-electron chi connectivity index (χ0n) is 10.5. The van der Waals surface area contributed by atoms with Gasteiger partial charge in [0.2, 0.25) is 0 Å². The average molecular weight is 218 g/mol. The van der Waals surface area contributed by atoms with Crippen molar-refractivity contribution in [1.82, 2.24) is 5.32 Å². The van der Waals surface area contributed by atoms with Gasteiger partial charge in [0.1, 0.15) is 0 Å². The van der Waals surface area contributed by atoms with Gasteiger partial charge in [-0.3, -0.25) is 0 Å². The van der Waals surface area contributed by atoms with Gasteiger partial charge in [-0.2, -0.15) is 0 Å². The lowest BCUT2D eigenvalue weighted by Gasteiger charge is -2.21. The van der Waals surface area contributed by atoms with Crippen molar-refractivity contribution < 1.29 is 0 Å². The molecular weight excluding hydrogens is 196 g/mol. The summed E-state index contributed by atoms with van der Waals surface area (Å²) >= 11 is 0. The van der Waals surface area contributed by atoms with E-state index in [4.69, 9.17) is 0 Å². The first-order valence-electron chi connectivity index (χ1n) is 6.23. The van der Waals surface area contributed by atoms with Crippen LogP contribution < -0.4 is 10.2 Å². The monoisotopic (exact) mass is 218 g/mol. The van der Waals surface area contributed by atoms with Gasteiger partial charge in [-0.05, 0) is 36.6 Å². The molecule has 1 aliphatic heterocycles. The molecule has 1 aromatic carbocycles. The molecule has 1 saturated heterocycles. The lowest BCUT2D eigenvalue weighted by molar-refractivity contribution is 0.449. The molecule has 1 aliphatic rings. The molecular formula is C14H22N2. The van der Waals surface area contributed by atoms with Crippen molar-refractivity contribution in [2.24, 2.45) is 5.92 Å². The van der Waals surface area contributed by atoms with Gasteiger partial charge >= 0.3 is 0 Å². The second-order valence-corrected chi connectivity index (χ2v) is 4.88. The van der Waals surface area contributed by atoms with E-state index in [0.29, 0.717) is 6.04 Å². The molecule has 0 saturated carbocycles. The number of hydrogen-bond acceptors (Lipinski definition) is 2. The maximum atomic E-state index is 3.62. The van der Waals surface area contributed by atoms with Gasteiger partial charge in [-0.1, -0.05) is 25.5 Å². The zero-order chi connectivity index (χ0) is 11.5. The van der Waals surface area contributed by atoms with E-state index in [0.717, 1.165) is 12.5 Å². The Labute approximate surface area is 98.7 Å². The van der Waals surface area contributed by atoms with Crippen LogP contribution in [-0.2, 0) is 0 Å². The quantitative estimate of drug-likeness (QED) is 0.839. The van der Waals surface area contributed by atoms with Crippen LogP contribution in [0, 0.1) is 5.92 Å². The van der Waals surface area contributed by atoms with E-state index in [2.05, 4.69) is 55.5 Å². The van der Waals surface area contributed by atoms with Crippen LogP contribution in [0.25, 0.3) is 0 Å². The van der Waals surface area contributed by atoms with Crippen LogP contribution in [0.4, 0.5) is 5.69 Å². The highest BCUT2D eigenvalue weighted by Crippen LogP contribution is 2.32. The van der Waals surface area contributed by atoms with Crippen molar-refractivity contribution in [3.8, 4) is 0 Å². The Balaban J connectivity index is 2.22. The molecule has 0 radical (unpaired) electrons. The molecule has 0 bridgehead atoms. The van der Waals surface area contributed by atoms with E-state index in [9.17, 15) is 0 Å². The van der Waals surface area contributed by atoms with Crippen LogP contribution in [-0.4, -0.2) is 20.6 Å². The molecule has 16 heavy (non-hydrogen) atoms. The molecule has 2 heteroatoms. The minimum Gasteiger partial charge on any atom is -0.378 e. The SMILES string of the molecule is CC[C@@H]1CCN[C@H]1c1cccc(N(C)C)c1. The van der Waals surface area contributed by atoms with E-state index in [1.165, 1.54) is 24.1 Å². The molecule has 88 valence electrons. The van der Waals surface area contributed by atoms with E-state index in [-0.39, 0.29) is 0 Å². The summed E-state index contributed by atoms with van der Waals surface area (Å²) in [5.74, 6) is 0.803. The summed E-state index contributed by atoms with van der Waals surface area (Å²) in [6.07, 6.45) is 2.58. The van der Waals surface area contributed by atoms with Gasteiger partial charge in [-0.15, -0.1) is 0 Å². The molecule has 1 heterocycles. The van der Waals surface area contributed by atoms with Gasteiger partial charge in [0.15, 0.2) is 0 Å². The second kappa shape index (κ2) is 4.88. The van der Waals surface area contributed by atoms with Gasteiger partial charge < -0.3 is 10.2 Å². The molecule has 2 rings (SSSR count). The second-order valence-electron chi connectivity index (χ2n) is 4.88. The lowest BCUT2D eigenvalue weighted by atomic mass is 9.92. The Kier molecular flexibility index (Phi) is 3.49. The van der Waals surface area contributed by atoms with Crippen molar-refractivity contribution in [3.05, 3.63) is 29.8 Å². The molecule has 1 N–H and O–H groups in total. The van der Waals surface area contributed by atoms with Crippen LogP contribution in [0.1, 0.15) is 31.4 Å². The standard InChI is InChI=1S/C14H22N2/c1-4-11-8-9-15-14(11)12-6-5-7-13(10-12)16(2)3/h5-7,10-11,14-15H,4,8-9H2,1-3H3/t11-,14-/m1/s1. The maximum absolute atomic E-state index is 3.62. The lowest BCUT2D eigenvalue weighted by Crippen LogP contribution is -2.18. The fraction of sp³-hybridized carbons (Fsp3) is 0.571. The van der Waals surface area contributed by atoms with Gasteiger partial charge in [0, 0.05) is 25.8 Å². The molecule has 0 amide bonds. The predicted molar refractivity (Wildman–Crippen MR) is 69.9 cm³/mol. The summed E-state index contributed by atoms with van der Waals surface area (Å²) in [7, 11) is 4.19. The fourth-order valence-corrected chi connectivity index (χ4v) is 2.58. The average Bonchev–Trinajstić information content (AvgIpc) is 2.77. The van der Waals surface area contributed by atoms with Gasteiger partial charge in [0.25, 0.3) is 0 Å². The van der Waals surface area contributed by atoms with Crippen molar-refractivity contribution in [1.29, 1.82) is 0 Å². The molecule has 0 spiro atoms.